The molecular weight excluding hydrogens is 423 g/mol. The predicted molar refractivity (Wildman–Crippen MR) is 136 cm³/mol. The number of hydrogen-bond acceptors (Lipinski definition) is 4. The highest BCUT2D eigenvalue weighted by Gasteiger charge is 2.24. The quantitative estimate of drug-likeness (QED) is 0.358. The molecule has 4 nitrogen and oxygen atoms in total. The lowest BCUT2D eigenvalue weighted by Gasteiger charge is -2.25. The number of fused-ring (bicyclic) bond motifs is 2. The van der Waals surface area contributed by atoms with Gasteiger partial charge in [0.25, 0.3) is 0 Å². The zero-order valence-corrected chi connectivity index (χ0v) is 19.3. The van der Waals surface area contributed by atoms with Gasteiger partial charge in [-0.2, -0.15) is 0 Å². The second-order valence-corrected chi connectivity index (χ2v) is 9.53. The summed E-state index contributed by atoms with van der Waals surface area (Å²) < 4.78 is 13.4. The summed E-state index contributed by atoms with van der Waals surface area (Å²) in [7, 11) is 0. The Labute approximate surface area is 199 Å². The van der Waals surface area contributed by atoms with E-state index in [2.05, 4.69) is 33.4 Å². The van der Waals surface area contributed by atoms with Gasteiger partial charge in [-0.15, -0.1) is 0 Å². The Balaban J connectivity index is 1.25. The topological polar surface area (TPSA) is 41.1 Å². The van der Waals surface area contributed by atoms with Crippen molar-refractivity contribution in [3.63, 3.8) is 0 Å². The van der Waals surface area contributed by atoms with E-state index in [0.717, 1.165) is 46.6 Å². The van der Waals surface area contributed by atoms with Crippen molar-refractivity contribution in [1.29, 1.82) is 0 Å². The van der Waals surface area contributed by atoms with E-state index < -0.39 is 0 Å². The summed E-state index contributed by atoms with van der Waals surface area (Å²) in [5.41, 5.74) is 6.71. The first-order valence-corrected chi connectivity index (χ1v) is 12.4. The largest absolute Gasteiger partial charge is 0.324 e. The van der Waals surface area contributed by atoms with E-state index >= 15 is 0 Å². The van der Waals surface area contributed by atoms with Crippen LogP contribution in [-0.4, -0.2) is 34.0 Å². The van der Waals surface area contributed by atoms with Gasteiger partial charge >= 0.3 is 0 Å². The molecule has 34 heavy (non-hydrogen) atoms. The van der Waals surface area contributed by atoms with Crippen LogP contribution in [0, 0.1) is 5.82 Å². The van der Waals surface area contributed by atoms with Crippen LogP contribution in [0.1, 0.15) is 36.8 Å². The average Bonchev–Trinajstić information content (AvgIpc) is 3.32. The lowest BCUT2D eigenvalue weighted by molar-refractivity contribution is 0.222. The molecule has 2 aliphatic rings. The Morgan fingerprint density at radius 1 is 0.882 bits per heavy atom. The molecule has 1 saturated heterocycles. The molecule has 2 heterocycles. The molecule has 5 heteroatoms. The molecule has 0 saturated carbocycles. The number of rotatable bonds is 4. The van der Waals surface area contributed by atoms with Gasteiger partial charge < -0.3 is 10.2 Å². The SMILES string of the molecule is Fc1ccc(-c2cccc3cnc(Nc4ccc5c(c4)CC[C@@H](N4CCCC4)CC5)nc23)cc1. The molecule has 172 valence electrons. The maximum Gasteiger partial charge on any atom is 0.227 e. The van der Waals surface area contributed by atoms with Crippen LogP contribution in [0.2, 0.25) is 0 Å². The summed E-state index contributed by atoms with van der Waals surface area (Å²) in [6, 6.07) is 20.0. The van der Waals surface area contributed by atoms with Crippen LogP contribution in [0.3, 0.4) is 0 Å². The standard InChI is InChI=1S/C29H29FN4/c30-24-11-6-21(7-12-24)27-5-3-4-23-19-31-29(33-28(23)27)32-25-13-8-20-9-14-26(15-10-22(20)18-25)34-16-1-2-17-34/h3-8,11-13,18-19,26H,1-2,9-10,14-17H2,(H,31,32,33)/t26-/m0/s1. The average molecular weight is 453 g/mol. The molecule has 4 aromatic rings. The summed E-state index contributed by atoms with van der Waals surface area (Å²) >= 11 is 0. The van der Waals surface area contributed by atoms with Crippen molar-refractivity contribution in [3.8, 4) is 11.1 Å². The number of aromatic nitrogens is 2. The second kappa shape index (κ2) is 9.15. The van der Waals surface area contributed by atoms with Crippen molar-refractivity contribution < 1.29 is 4.39 Å². The Bertz CT molecular complexity index is 1310. The number of nitrogens with zero attached hydrogens (tertiary/aromatic N) is 3. The van der Waals surface area contributed by atoms with E-state index in [-0.39, 0.29) is 5.82 Å². The maximum atomic E-state index is 13.4. The number of aryl methyl sites for hydroxylation is 2. The first-order valence-electron chi connectivity index (χ1n) is 12.4. The lowest BCUT2D eigenvalue weighted by atomic mass is 10.0. The highest BCUT2D eigenvalue weighted by Crippen LogP contribution is 2.30. The van der Waals surface area contributed by atoms with E-state index in [0.29, 0.717) is 5.95 Å². The molecule has 6 rings (SSSR count). The Kier molecular flexibility index (Phi) is 5.71. The zero-order chi connectivity index (χ0) is 22.9. The smallest absolute Gasteiger partial charge is 0.227 e. The van der Waals surface area contributed by atoms with Crippen LogP contribution in [0.5, 0.6) is 0 Å². The molecule has 0 radical (unpaired) electrons. The second-order valence-electron chi connectivity index (χ2n) is 9.53. The number of hydrogen-bond donors (Lipinski definition) is 1. The van der Waals surface area contributed by atoms with Crippen molar-refractivity contribution in [2.24, 2.45) is 0 Å². The van der Waals surface area contributed by atoms with Crippen LogP contribution in [0.15, 0.2) is 66.9 Å². The summed E-state index contributed by atoms with van der Waals surface area (Å²) in [4.78, 5) is 12.1. The number of para-hydroxylation sites is 1. The van der Waals surface area contributed by atoms with E-state index in [4.69, 9.17) is 4.98 Å². The monoisotopic (exact) mass is 452 g/mol. The van der Waals surface area contributed by atoms with Crippen molar-refractivity contribution >= 4 is 22.5 Å². The molecular formula is C29H29FN4. The number of nitrogens with one attached hydrogen (secondary N) is 1. The predicted octanol–water partition coefficient (Wildman–Crippen LogP) is 6.52. The molecule has 0 amide bonds. The van der Waals surface area contributed by atoms with Crippen LogP contribution >= 0.6 is 0 Å². The van der Waals surface area contributed by atoms with Gasteiger partial charge in [0.15, 0.2) is 0 Å². The van der Waals surface area contributed by atoms with Crippen LogP contribution in [0.4, 0.5) is 16.0 Å². The van der Waals surface area contributed by atoms with Crippen molar-refractivity contribution in [3.05, 3.63) is 83.8 Å². The normalized spacial score (nSPS) is 18.6. The van der Waals surface area contributed by atoms with E-state index in [1.165, 1.54) is 62.0 Å². The first kappa shape index (κ1) is 21.2. The Morgan fingerprint density at radius 3 is 2.50 bits per heavy atom. The first-order chi connectivity index (χ1) is 16.7. The highest BCUT2D eigenvalue weighted by atomic mass is 19.1. The minimum Gasteiger partial charge on any atom is -0.324 e. The molecule has 3 aromatic carbocycles. The molecule has 0 bridgehead atoms. The summed E-state index contributed by atoms with van der Waals surface area (Å²) in [6.45, 7) is 2.54. The molecule has 0 unspecified atom stereocenters. The fraction of sp³-hybridized carbons (Fsp3) is 0.310. The molecule has 1 N–H and O–H groups in total. The molecule has 1 fully saturated rings. The lowest BCUT2D eigenvalue weighted by Crippen LogP contribution is -2.32. The Hall–Kier alpha value is -3.31. The van der Waals surface area contributed by atoms with Gasteiger partial charge in [-0.25, -0.2) is 14.4 Å². The molecule has 1 aliphatic carbocycles. The fourth-order valence-corrected chi connectivity index (χ4v) is 5.55. The summed E-state index contributed by atoms with van der Waals surface area (Å²) in [5.74, 6) is 0.335. The summed E-state index contributed by atoms with van der Waals surface area (Å²) in [5, 5.41) is 4.39. The number of anilines is 2. The van der Waals surface area contributed by atoms with Gasteiger partial charge in [-0.1, -0.05) is 36.4 Å². The highest BCUT2D eigenvalue weighted by molar-refractivity contribution is 5.93. The van der Waals surface area contributed by atoms with Gasteiger partial charge in [0.1, 0.15) is 5.82 Å². The fourth-order valence-electron chi connectivity index (χ4n) is 5.55. The third-order valence-electron chi connectivity index (χ3n) is 7.38. The van der Waals surface area contributed by atoms with Gasteiger partial charge in [0, 0.05) is 28.9 Å². The summed E-state index contributed by atoms with van der Waals surface area (Å²) in [6.07, 6.45) is 9.34. The van der Waals surface area contributed by atoms with Gasteiger partial charge in [0.2, 0.25) is 5.95 Å². The third-order valence-corrected chi connectivity index (χ3v) is 7.38. The zero-order valence-electron chi connectivity index (χ0n) is 19.3. The number of benzene rings is 3. The van der Waals surface area contributed by atoms with Gasteiger partial charge in [0.05, 0.1) is 5.52 Å². The molecule has 1 aromatic heterocycles. The maximum absolute atomic E-state index is 13.4. The van der Waals surface area contributed by atoms with Crippen LogP contribution in [0.25, 0.3) is 22.0 Å². The van der Waals surface area contributed by atoms with E-state index in [1.54, 1.807) is 12.1 Å². The Morgan fingerprint density at radius 2 is 1.68 bits per heavy atom. The van der Waals surface area contributed by atoms with Crippen molar-refractivity contribution in [2.45, 2.75) is 44.6 Å². The molecule has 1 aliphatic heterocycles. The van der Waals surface area contributed by atoms with E-state index in [9.17, 15) is 4.39 Å². The van der Waals surface area contributed by atoms with Crippen molar-refractivity contribution in [2.75, 3.05) is 18.4 Å². The minimum absolute atomic E-state index is 0.240. The third kappa shape index (κ3) is 4.28. The van der Waals surface area contributed by atoms with E-state index in [1.807, 2.05) is 24.4 Å². The molecule has 1 atom stereocenters. The van der Waals surface area contributed by atoms with Crippen molar-refractivity contribution in [1.82, 2.24) is 14.9 Å². The number of likely N-dealkylation sites (tertiary alicyclic amines) is 1. The van der Waals surface area contributed by atoms with Crippen LogP contribution in [-0.2, 0) is 12.8 Å². The van der Waals surface area contributed by atoms with Gasteiger partial charge in [-0.3, -0.25) is 0 Å². The van der Waals surface area contributed by atoms with Crippen LogP contribution < -0.4 is 5.32 Å². The van der Waals surface area contributed by atoms with Gasteiger partial charge in [-0.05, 0) is 92.6 Å². The molecule has 0 spiro atoms. The minimum atomic E-state index is -0.240. The number of halogens is 1.